The predicted octanol–water partition coefficient (Wildman–Crippen LogP) is 4.79. The first kappa shape index (κ1) is 9.94. The quantitative estimate of drug-likeness (QED) is 0.696. The van der Waals surface area contributed by atoms with E-state index in [1.54, 1.807) is 11.3 Å². The van der Waals surface area contributed by atoms with E-state index in [2.05, 4.69) is 60.1 Å². The molecule has 1 aromatic heterocycles. The van der Waals surface area contributed by atoms with Gasteiger partial charge in [0.25, 0.3) is 0 Å². The van der Waals surface area contributed by atoms with Gasteiger partial charge >= 0.3 is 0 Å². The number of aryl methyl sites for hydroxylation is 2. The molecular formula is C12H11BrS. The number of rotatable bonds is 1. The van der Waals surface area contributed by atoms with Gasteiger partial charge in [-0.1, -0.05) is 18.2 Å². The first-order chi connectivity index (χ1) is 6.68. The van der Waals surface area contributed by atoms with Crippen molar-refractivity contribution in [1.82, 2.24) is 0 Å². The summed E-state index contributed by atoms with van der Waals surface area (Å²) in [6, 6.07) is 10.7. The molecule has 0 aliphatic rings. The van der Waals surface area contributed by atoms with Gasteiger partial charge in [-0.05, 0) is 58.6 Å². The van der Waals surface area contributed by atoms with Crippen molar-refractivity contribution in [3.63, 3.8) is 0 Å². The second-order valence-electron chi connectivity index (χ2n) is 3.37. The Hall–Kier alpha value is -0.600. The minimum atomic E-state index is 1.19. The third-order valence-electron chi connectivity index (χ3n) is 2.30. The third-order valence-corrected chi connectivity index (χ3v) is 3.94. The van der Waals surface area contributed by atoms with Crippen LogP contribution in [0.5, 0.6) is 0 Å². The van der Waals surface area contributed by atoms with Gasteiger partial charge in [0.05, 0.1) is 3.79 Å². The molecule has 0 unspecified atom stereocenters. The van der Waals surface area contributed by atoms with E-state index in [1.165, 1.54) is 25.4 Å². The monoisotopic (exact) mass is 266 g/mol. The highest BCUT2D eigenvalue weighted by Gasteiger charge is 2.06. The summed E-state index contributed by atoms with van der Waals surface area (Å²) in [6.07, 6.45) is 0. The Kier molecular flexibility index (Phi) is 2.75. The van der Waals surface area contributed by atoms with Gasteiger partial charge in [0.15, 0.2) is 0 Å². The zero-order chi connectivity index (χ0) is 10.1. The van der Waals surface area contributed by atoms with Crippen LogP contribution < -0.4 is 0 Å². The van der Waals surface area contributed by atoms with Gasteiger partial charge in [0.2, 0.25) is 0 Å². The SMILES string of the molecule is Cc1cccc(C)c1-c1ccc(Br)s1. The van der Waals surface area contributed by atoms with E-state index in [-0.39, 0.29) is 0 Å². The minimum Gasteiger partial charge on any atom is -0.128 e. The second-order valence-corrected chi connectivity index (χ2v) is 5.83. The van der Waals surface area contributed by atoms with E-state index in [0.29, 0.717) is 0 Å². The molecule has 0 aliphatic carbocycles. The summed E-state index contributed by atoms with van der Waals surface area (Å²) >= 11 is 5.28. The Morgan fingerprint density at radius 2 is 1.64 bits per heavy atom. The van der Waals surface area contributed by atoms with Crippen LogP contribution in [0.3, 0.4) is 0 Å². The molecule has 0 amide bonds. The molecule has 72 valence electrons. The zero-order valence-corrected chi connectivity index (χ0v) is 10.6. The molecule has 0 aliphatic heterocycles. The van der Waals surface area contributed by atoms with E-state index in [4.69, 9.17) is 0 Å². The molecule has 0 saturated heterocycles. The number of hydrogen-bond donors (Lipinski definition) is 0. The lowest BCUT2D eigenvalue weighted by molar-refractivity contribution is 1.39. The van der Waals surface area contributed by atoms with Gasteiger partial charge in [-0.3, -0.25) is 0 Å². The summed E-state index contributed by atoms with van der Waals surface area (Å²) < 4.78 is 1.19. The molecule has 2 aromatic rings. The molecule has 0 nitrogen and oxygen atoms in total. The average molecular weight is 267 g/mol. The Morgan fingerprint density at radius 3 is 2.14 bits per heavy atom. The summed E-state index contributed by atoms with van der Waals surface area (Å²) in [5, 5.41) is 0. The van der Waals surface area contributed by atoms with Crippen molar-refractivity contribution in [2.24, 2.45) is 0 Å². The number of benzene rings is 1. The first-order valence-corrected chi connectivity index (χ1v) is 6.11. The summed E-state index contributed by atoms with van der Waals surface area (Å²) in [6.45, 7) is 4.33. The minimum absolute atomic E-state index is 1.19. The topological polar surface area (TPSA) is 0 Å². The molecule has 2 heteroatoms. The van der Waals surface area contributed by atoms with Gasteiger partial charge in [-0.2, -0.15) is 0 Å². The Balaban J connectivity index is 2.61. The molecular weight excluding hydrogens is 256 g/mol. The molecule has 14 heavy (non-hydrogen) atoms. The largest absolute Gasteiger partial charge is 0.128 e. The van der Waals surface area contributed by atoms with Crippen LogP contribution in [-0.2, 0) is 0 Å². The Morgan fingerprint density at radius 1 is 1.00 bits per heavy atom. The highest BCUT2D eigenvalue weighted by molar-refractivity contribution is 9.11. The van der Waals surface area contributed by atoms with Crippen LogP contribution in [0.15, 0.2) is 34.1 Å². The smallest absolute Gasteiger partial charge is 0.0705 e. The predicted molar refractivity (Wildman–Crippen MR) is 66.9 cm³/mol. The van der Waals surface area contributed by atoms with Crippen LogP contribution in [0.2, 0.25) is 0 Å². The van der Waals surface area contributed by atoms with Crippen molar-refractivity contribution in [3.05, 3.63) is 45.2 Å². The van der Waals surface area contributed by atoms with Crippen LogP contribution in [-0.4, -0.2) is 0 Å². The molecule has 0 fully saturated rings. The number of hydrogen-bond acceptors (Lipinski definition) is 1. The first-order valence-electron chi connectivity index (χ1n) is 4.50. The highest BCUT2D eigenvalue weighted by atomic mass is 79.9. The van der Waals surface area contributed by atoms with Crippen molar-refractivity contribution >= 4 is 27.3 Å². The molecule has 0 saturated carbocycles. The molecule has 1 aromatic carbocycles. The van der Waals surface area contributed by atoms with Crippen molar-refractivity contribution in [3.8, 4) is 10.4 Å². The molecule has 2 rings (SSSR count). The van der Waals surface area contributed by atoms with Crippen LogP contribution in [0, 0.1) is 13.8 Å². The fraction of sp³-hybridized carbons (Fsp3) is 0.167. The maximum Gasteiger partial charge on any atom is 0.0705 e. The van der Waals surface area contributed by atoms with E-state index >= 15 is 0 Å². The maximum atomic E-state index is 3.50. The lowest BCUT2D eigenvalue weighted by atomic mass is 10.0. The van der Waals surface area contributed by atoms with E-state index in [9.17, 15) is 0 Å². The van der Waals surface area contributed by atoms with Crippen molar-refractivity contribution in [2.45, 2.75) is 13.8 Å². The lowest BCUT2D eigenvalue weighted by Gasteiger charge is -2.06. The van der Waals surface area contributed by atoms with Gasteiger partial charge in [-0.15, -0.1) is 11.3 Å². The fourth-order valence-corrected chi connectivity index (χ4v) is 3.21. The van der Waals surface area contributed by atoms with E-state index < -0.39 is 0 Å². The zero-order valence-electron chi connectivity index (χ0n) is 8.17. The molecule has 1 heterocycles. The molecule has 0 atom stereocenters. The van der Waals surface area contributed by atoms with Gasteiger partial charge in [0.1, 0.15) is 0 Å². The van der Waals surface area contributed by atoms with E-state index in [0.717, 1.165) is 0 Å². The normalized spacial score (nSPS) is 10.5. The van der Waals surface area contributed by atoms with Crippen LogP contribution in [0.25, 0.3) is 10.4 Å². The van der Waals surface area contributed by atoms with Gasteiger partial charge < -0.3 is 0 Å². The Bertz CT molecular complexity index is 437. The average Bonchev–Trinajstić information content (AvgIpc) is 2.51. The Labute approximate surface area is 96.7 Å². The van der Waals surface area contributed by atoms with E-state index in [1.807, 2.05) is 0 Å². The maximum absolute atomic E-state index is 3.50. The summed E-state index contributed by atoms with van der Waals surface area (Å²) in [4.78, 5) is 1.34. The van der Waals surface area contributed by atoms with Crippen molar-refractivity contribution in [2.75, 3.05) is 0 Å². The number of thiophene rings is 1. The van der Waals surface area contributed by atoms with Crippen LogP contribution >= 0.6 is 27.3 Å². The van der Waals surface area contributed by atoms with Crippen molar-refractivity contribution in [1.29, 1.82) is 0 Å². The molecule has 0 bridgehead atoms. The second kappa shape index (κ2) is 3.87. The number of halogens is 1. The molecule has 0 spiro atoms. The summed E-state index contributed by atoms with van der Waals surface area (Å²) in [7, 11) is 0. The summed E-state index contributed by atoms with van der Waals surface area (Å²) in [5.41, 5.74) is 4.07. The third kappa shape index (κ3) is 1.77. The van der Waals surface area contributed by atoms with Crippen molar-refractivity contribution < 1.29 is 0 Å². The molecule has 0 N–H and O–H groups in total. The summed E-state index contributed by atoms with van der Waals surface area (Å²) in [5.74, 6) is 0. The van der Waals surface area contributed by atoms with Crippen LogP contribution in [0.4, 0.5) is 0 Å². The molecule has 0 radical (unpaired) electrons. The van der Waals surface area contributed by atoms with Gasteiger partial charge in [0, 0.05) is 4.88 Å². The fourth-order valence-electron chi connectivity index (χ4n) is 1.65. The van der Waals surface area contributed by atoms with Crippen LogP contribution in [0.1, 0.15) is 11.1 Å². The van der Waals surface area contributed by atoms with Gasteiger partial charge in [-0.25, -0.2) is 0 Å². The highest BCUT2D eigenvalue weighted by Crippen LogP contribution is 2.34. The standard InChI is InChI=1S/C12H11BrS/c1-8-4-3-5-9(2)12(8)10-6-7-11(13)14-10/h3-7H,1-2H3. The lowest BCUT2D eigenvalue weighted by Crippen LogP contribution is -1.83.